The Kier molecular flexibility index (Phi) is 3.14. The third-order valence-electron chi connectivity index (χ3n) is 3.02. The Labute approximate surface area is 115 Å². The van der Waals surface area contributed by atoms with Crippen molar-refractivity contribution in [3.8, 4) is 0 Å². The Hall–Kier alpha value is -2.73. The zero-order valence-electron chi connectivity index (χ0n) is 10.6. The van der Waals surface area contributed by atoms with Crippen LogP contribution in [0.15, 0.2) is 42.6 Å². The minimum atomic E-state index is -0.206. The van der Waals surface area contributed by atoms with Crippen molar-refractivity contribution in [2.75, 3.05) is 5.32 Å². The first kappa shape index (κ1) is 12.3. The lowest BCUT2D eigenvalue weighted by atomic mass is 10.1. The van der Waals surface area contributed by atoms with E-state index in [4.69, 9.17) is 5.73 Å². The van der Waals surface area contributed by atoms with Crippen LogP contribution in [-0.2, 0) is 6.54 Å². The van der Waals surface area contributed by atoms with E-state index in [1.165, 1.54) is 0 Å². The van der Waals surface area contributed by atoms with Gasteiger partial charge in [0.15, 0.2) is 5.65 Å². The second-order valence-electron chi connectivity index (χ2n) is 4.33. The first-order valence-electron chi connectivity index (χ1n) is 6.17. The summed E-state index contributed by atoms with van der Waals surface area (Å²) >= 11 is 0. The quantitative estimate of drug-likeness (QED) is 0.672. The van der Waals surface area contributed by atoms with E-state index in [1.807, 2.05) is 18.2 Å². The van der Waals surface area contributed by atoms with E-state index in [2.05, 4.69) is 20.5 Å². The molecule has 4 N–H and O–H groups in total. The topological polar surface area (TPSA) is 96.7 Å². The first-order valence-corrected chi connectivity index (χ1v) is 6.17. The fourth-order valence-electron chi connectivity index (χ4n) is 1.92. The van der Waals surface area contributed by atoms with E-state index < -0.39 is 0 Å². The Morgan fingerprint density at radius 2 is 2.05 bits per heavy atom. The summed E-state index contributed by atoms with van der Waals surface area (Å²) in [6.45, 7) is 0.457. The summed E-state index contributed by atoms with van der Waals surface area (Å²) in [4.78, 5) is 16.2. The number of nitrogens with two attached hydrogens (primary N) is 1. The van der Waals surface area contributed by atoms with E-state index in [1.54, 1.807) is 24.4 Å². The molecular formula is C14H13N5O. The Morgan fingerprint density at radius 1 is 1.25 bits per heavy atom. The van der Waals surface area contributed by atoms with Crippen LogP contribution >= 0.6 is 0 Å². The minimum absolute atomic E-state index is 0.206. The van der Waals surface area contributed by atoms with Crippen LogP contribution in [0.5, 0.6) is 0 Å². The van der Waals surface area contributed by atoms with Gasteiger partial charge in [-0.15, -0.1) is 0 Å². The fourth-order valence-corrected chi connectivity index (χ4v) is 1.92. The van der Waals surface area contributed by atoms with Gasteiger partial charge in [0.2, 0.25) is 0 Å². The molecule has 2 heterocycles. The van der Waals surface area contributed by atoms with E-state index >= 15 is 0 Å². The number of hydrogen-bond donors (Lipinski definition) is 3. The van der Waals surface area contributed by atoms with Crippen LogP contribution in [0.25, 0.3) is 11.0 Å². The molecule has 0 aliphatic heterocycles. The largest absolute Gasteiger partial charge is 0.326 e. The Balaban J connectivity index is 1.84. The Morgan fingerprint density at radius 3 is 2.80 bits per heavy atom. The second-order valence-corrected chi connectivity index (χ2v) is 4.33. The van der Waals surface area contributed by atoms with Crippen molar-refractivity contribution in [1.29, 1.82) is 0 Å². The molecule has 3 rings (SSSR count). The summed E-state index contributed by atoms with van der Waals surface area (Å²) in [5.74, 6) is 0.337. The Bertz CT molecular complexity index is 748. The predicted molar refractivity (Wildman–Crippen MR) is 76.2 cm³/mol. The molecule has 0 fully saturated rings. The minimum Gasteiger partial charge on any atom is -0.326 e. The highest BCUT2D eigenvalue weighted by molar-refractivity contribution is 6.07. The lowest BCUT2D eigenvalue weighted by molar-refractivity contribution is 0.102. The van der Waals surface area contributed by atoms with Crippen molar-refractivity contribution in [1.82, 2.24) is 15.2 Å². The van der Waals surface area contributed by atoms with Crippen molar-refractivity contribution >= 4 is 22.8 Å². The van der Waals surface area contributed by atoms with Crippen LogP contribution < -0.4 is 11.1 Å². The molecule has 0 radical (unpaired) electrons. The highest BCUT2D eigenvalue weighted by Crippen LogP contribution is 2.18. The third-order valence-corrected chi connectivity index (χ3v) is 3.02. The molecule has 0 aliphatic rings. The molecule has 0 atom stereocenters. The standard InChI is InChI=1S/C14H13N5O/c15-8-9-3-5-10(6-4-9)14(20)17-13-11-2-1-7-16-12(11)18-19-13/h1-7H,8,15H2,(H2,16,17,18,19,20). The van der Waals surface area contributed by atoms with Gasteiger partial charge in [-0.25, -0.2) is 4.98 Å². The molecule has 0 spiro atoms. The van der Waals surface area contributed by atoms with Crippen molar-refractivity contribution in [3.05, 3.63) is 53.7 Å². The fraction of sp³-hybridized carbons (Fsp3) is 0.0714. The molecule has 2 aromatic heterocycles. The summed E-state index contributed by atoms with van der Waals surface area (Å²) in [6.07, 6.45) is 1.65. The van der Waals surface area contributed by atoms with Gasteiger partial charge >= 0.3 is 0 Å². The summed E-state index contributed by atoms with van der Waals surface area (Å²) in [5.41, 5.74) is 7.65. The molecule has 0 saturated carbocycles. The number of nitrogens with one attached hydrogen (secondary N) is 2. The maximum absolute atomic E-state index is 12.1. The lowest BCUT2D eigenvalue weighted by Gasteiger charge is -2.04. The normalized spacial score (nSPS) is 10.7. The number of fused-ring (bicyclic) bond motifs is 1. The number of amides is 1. The molecule has 100 valence electrons. The number of carbonyl (C=O) groups is 1. The first-order chi connectivity index (χ1) is 9.78. The van der Waals surface area contributed by atoms with Gasteiger partial charge in [-0.2, -0.15) is 5.10 Å². The van der Waals surface area contributed by atoms with Gasteiger partial charge in [0.25, 0.3) is 5.91 Å². The predicted octanol–water partition coefficient (Wildman–Crippen LogP) is 1.67. The number of benzene rings is 1. The van der Waals surface area contributed by atoms with Crippen LogP contribution in [0.2, 0.25) is 0 Å². The van der Waals surface area contributed by atoms with Gasteiger partial charge in [-0.05, 0) is 29.8 Å². The molecule has 0 bridgehead atoms. The summed E-state index contributed by atoms with van der Waals surface area (Å²) < 4.78 is 0. The molecule has 20 heavy (non-hydrogen) atoms. The van der Waals surface area contributed by atoms with Gasteiger partial charge in [-0.1, -0.05) is 12.1 Å². The van der Waals surface area contributed by atoms with Gasteiger partial charge in [0.1, 0.15) is 5.82 Å². The molecule has 1 aromatic carbocycles. The van der Waals surface area contributed by atoms with Crippen molar-refractivity contribution in [2.24, 2.45) is 5.73 Å². The zero-order valence-corrected chi connectivity index (χ0v) is 10.6. The van der Waals surface area contributed by atoms with Gasteiger partial charge < -0.3 is 11.1 Å². The van der Waals surface area contributed by atoms with Crippen molar-refractivity contribution < 1.29 is 4.79 Å². The number of H-pyrrole nitrogens is 1. The van der Waals surface area contributed by atoms with Crippen LogP contribution in [0.3, 0.4) is 0 Å². The van der Waals surface area contributed by atoms with Crippen LogP contribution in [0.4, 0.5) is 5.82 Å². The van der Waals surface area contributed by atoms with Crippen molar-refractivity contribution in [3.63, 3.8) is 0 Å². The highest BCUT2D eigenvalue weighted by Gasteiger charge is 2.10. The summed E-state index contributed by atoms with van der Waals surface area (Å²) in [5, 5.41) is 10.4. The maximum atomic E-state index is 12.1. The maximum Gasteiger partial charge on any atom is 0.256 e. The lowest BCUT2D eigenvalue weighted by Crippen LogP contribution is -2.12. The number of pyridine rings is 1. The van der Waals surface area contributed by atoms with Gasteiger partial charge in [0, 0.05) is 18.3 Å². The van der Waals surface area contributed by atoms with Gasteiger partial charge in [-0.3, -0.25) is 9.89 Å². The van der Waals surface area contributed by atoms with E-state index in [0.717, 1.165) is 10.9 Å². The molecule has 6 nitrogen and oxygen atoms in total. The number of anilines is 1. The number of rotatable bonds is 3. The molecule has 3 aromatic rings. The van der Waals surface area contributed by atoms with E-state index in [9.17, 15) is 4.79 Å². The summed E-state index contributed by atoms with van der Waals surface area (Å²) in [7, 11) is 0. The molecule has 0 unspecified atom stereocenters. The third kappa shape index (κ3) is 2.24. The number of aromatic nitrogens is 3. The average molecular weight is 267 g/mol. The van der Waals surface area contributed by atoms with Crippen LogP contribution in [0.1, 0.15) is 15.9 Å². The van der Waals surface area contributed by atoms with Crippen LogP contribution in [-0.4, -0.2) is 21.1 Å². The second kappa shape index (κ2) is 5.10. The SMILES string of the molecule is NCc1ccc(C(=O)Nc2[nH]nc3ncccc23)cc1. The number of hydrogen-bond acceptors (Lipinski definition) is 4. The van der Waals surface area contributed by atoms with Crippen LogP contribution in [0, 0.1) is 0 Å². The number of nitrogens with zero attached hydrogens (tertiary/aromatic N) is 2. The van der Waals surface area contributed by atoms with Gasteiger partial charge in [0.05, 0.1) is 5.39 Å². The van der Waals surface area contributed by atoms with E-state index in [-0.39, 0.29) is 5.91 Å². The highest BCUT2D eigenvalue weighted by atomic mass is 16.1. The molecule has 0 aliphatic carbocycles. The molecule has 6 heteroatoms. The number of aromatic amines is 1. The van der Waals surface area contributed by atoms with Crippen molar-refractivity contribution in [2.45, 2.75) is 6.54 Å². The monoisotopic (exact) mass is 267 g/mol. The zero-order chi connectivity index (χ0) is 13.9. The molecular weight excluding hydrogens is 254 g/mol. The summed E-state index contributed by atoms with van der Waals surface area (Å²) in [6, 6.07) is 10.8. The molecule has 0 saturated heterocycles. The number of carbonyl (C=O) groups excluding carboxylic acids is 1. The molecule has 1 amide bonds. The van der Waals surface area contributed by atoms with E-state index in [0.29, 0.717) is 23.6 Å². The average Bonchev–Trinajstić information content (AvgIpc) is 2.91. The smallest absolute Gasteiger partial charge is 0.256 e.